The van der Waals surface area contributed by atoms with E-state index < -0.39 is 5.97 Å². The molecule has 4 rings (SSSR count). The molecule has 2 N–H and O–H groups in total. The van der Waals surface area contributed by atoms with Crippen LogP contribution >= 0.6 is 11.3 Å². The number of furan rings is 1. The van der Waals surface area contributed by atoms with Crippen LogP contribution in [0.15, 0.2) is 64.1 Å². The summed E-state index contributed by atoms with van der Waals surface area (Å²) in [5.41, 5.74) is 5.78. The van der Waals surface area contributed by atoms with E-state index in [2.05, 4.69) is 15.5 Å². The quantitative estimate of drug-likeness (QED) is 0.377. The van der Waals surface area contributed by atoms with Crippen LogP contribution in [0, 0.1) is 6.92 Å². The molecule has 0 saturated heterocycles. The van der Waals surface area contributed by atoms with E-state index >= 15 is 0 Å². The summed E-state index contributed by atoms with van der Waals surface area (Å²) in [5, 5.41) is 13.9. The number of nitrogens with zero attached hydrogens (tertiary/aromatic N) is 2. The molecule has 0 unspecified atom stereocenters. The van der Waals surface area contributed by atoms with Crippen molar-refractivity contribution >= 4 is 38.9 Å². The van der Waals surface area contributed by atoms with Gasteiger partial charge in [-0.1, -0.05) is 29.5 Å². The van der Waals surface area contributed by atoms with Crippen molar-refractivity contribution in [3.05, 3.63) is 71.5 Å². The number of hydrazone groups is 1. The zero-order valence-electron chi connectivity index (χ0n) is 14.3. The number of fused-ring (bicyclic) bond motifs is 1. The highest BCUT2D eigenvalue weighted by Gasteiger charge is 2.10. The number of rotatable bonds is 5. The number of aryl methyl sites for hydroxylation is 1. The van der Waals surface area contributed by atoms with Gasteiger partial charge in [0, 0.05) is 5.56 Å². The smallest absolute Gasteiger partial charge is 0.335 e. The van der Waals surface area contributed by atoms with Gasteiger partial charge in [-0.05, 0) is 48.9 Å². The molecule has 0 fully saturated rings. The lowest BCUT2D eigenvalue weighted by atomic mass is 10.0. The first-order valence-corrected chi connectivity index (χ1v) is 9.00. The molecule has 0 spiro atoms. The van der Waals surface area contributed by atoms with Crippen LogP contribution in [0.5, 0.6) is 0 Å². The Bertz CT molecular complexity index is 1130. The van der Waals surface area contributed by atoms with Crippen molar-refractivity contribution < 1.29 is 14.3 Å². The average molecular weight is 377 g/mol. The van der Waals surface area contributed by atoms with Gasteiger partial charge in [-0.15, -0.1) is 0 Å². The molecule has 2 heterocycles. The van der Waals surface area contributed by atoms with Crippen LogP contribution in [-0.2, 0) is 0 Å². The summed E-state index contributed by atoms with van der Waals surface area (Å²) in [4.78, 5) is 15.5. The van der Waals surface area contributed by atoms with E-state index in [0.29, 0.717) is 16.7 Å². The average Bonchev–Trinajstić information content (AvgIpc) is 3.28. The number of anilines is 1. The third-order valence-corrected chi connectivity index (χ3v) is 4.95. The van der Waals surface area contributed by atoms with Crippen LogP contribution in [0.2, 0.25) is 0 Å². The molecule has 7 heteroatoms. The molecular formula is C20H15N3O3S. The number of aromatic nitrogens is 1. The molecule has 0 amide bonds. The van der Waals surface area contributed by atoms with Gasteiger partial charge in [0.25, 0.3) is 0 Å². The third-order valence-electron chi connectivity index (χ3n) is 4.01. The maximum absolute atomic E-state index is 11.0. The maximum atomic E-state index is 11.0. The number of hydrogen-bond acceptors (Lipinski definition) is 6. The monoisotopic (exact) mass is 377 g/mol. The van der Waals surface area contributed by atoms with Gasteiger partial charge in [-0.3, -0.25) is 5.43 Å². The van der Waals surface area contributed by atoms with Gasteiger partial charge in [0.2, 0.25) is 5.13 Å². The van der Waals surface area contributed by atoms with Crippen LogP contribution in [0.4, 0.5) is 5.13 Å². The second kappa shape index (κ2) is 7.05. The summed E-state index contributed by atoms with van der Waals surface area (Å²) in [5.74, 6) is 0.295. The van der Waals surface area contributed by atoms with Crippen molar-refractivity contribution in [2.45, 2.75) is 6.92 Å². The molecule has 0 radical (unpaired) electrons. The molecule has 0 saturated carbocycles. The number of para-hydroxylation sites is 1. The fraction of sp³-hybridized carbons (Fsp3) is 0.0500. The SMILES string of the molecule is Cc1cc(C(=O)O)ccc1-c1ccc(C=NNc2nc3ccccc3s2)o1. The molecule has 0 aliphatic rings. The standard InChI is InChI=1S/C20H15N3O3S/c1-12-10-13(19(24)25)6-8-15(12)17-9-7-14(26-17)11-21-23-20-22-16-4-2-3-5-18(16)27-20/h2-11H,1H3,(H,22,23)(H,24,25). The normalized spacial score (nSPS) is 11.3. The zero-order chi connectivity index (χ0) is 18.8. The van der Waals surface area contributed by atoms with Crippen molar-refractivity contribution in [3.63, 3.8) is 0 Å². The summed E-state index contributed by atoms with van der Waals surface area (Å²) in [6, 6.07) is 16.5. The topological polar surface area (TPSA) is 87.7 Å². The Labute approximate surface area is 158 Å². The number of benzene rings is 2. The first-order valence-electron chi connectivity index (χ1n) is 8.19. The van der Waals surface area contributed by atoms with E-state index in [-0.39, 0.29) is 5.56 Å². The van der Waals surface area contributed by atoms with Crippen molar-refractivity contribution in [3.8, 4) is 11.3 Å². The van der Waals surface area contributed by atoms with Crippen molar-refractivity contribution in [1.82, 2.24) is 4.98 Å². The fourth-order valence-corrected chi connectivity index (χ4v) is 3.53. The summed E-state index contributed by atoms with van der Waals surface area (Å²) in [6.45, 7) is 1.85. The van der Waals surface area contributed by atoms with Crippen molar-refractivity contribution in [2.24, 2.45) is 5.10 Å². The Morgan fingerprint density at radius 2 is 2.07 bits per heavy atom. The Hall–Kier alpha value is -3.45. The molecule has 134 valence electrons. The van der Waals surface area contributed by atoms with Crippen molar-refractivity contribution in [1.29, 1.82) is 0 Å². The van der Waals surface area contributed by atoms with Gasteiger partial charge in [-0.25, -0.2) is 9.78 Å². The van der Waals surface area contributed by atoms with Crippen LogP contribution in [0.3, 0.4) is 0 Å². The minimum atomic E-state index is -0.946. The van der Waals surface area contributed by atoms with E-state index in [9.17, 15) is 4.79 Å². The lowest BCUT2D eigenvalue weighted by Gasteiger charge is -2.03. The van der Waals surface area contributed by atoms with Crippen LogP contribution in [0.25, 0.3) is 21.5 Å². The summed E-state index contributed by atoms with van der Waals surface area (Å²) in [6.07, 6.45) is 1.58. The first kappa shape index (κ1) is 17.0. The van der Waals surface area contributed by atoms with Crippen molar-refractivity contribution in [2.75, 3.05) is 5.43 Å². The van der Waals surface area contributed by atoms with E-state index in [0.717, 1.165) is 21.3 Å². The largest absolute Gasteiger partial charge is 0.478 e. The van der Waals surface area contributed by atoms with Gasteiger partial charge in [0.05, 0.1) is 22.0 Å². The number of nitrogens with one attached hydrogen (secondary N) is 1. The van der Waals surface area contributed by atoms with E-state index in [4.69, 9.17) is 9.52 Å². The number of carbonyl (C=O) groups is 1. The second-order valence-electron chi connectivity index (χ2n) is 5.89. The van der Waals surface area contributed by atoms with E-state index in [1.54, 1.807) is 24.4 Å². The summed E-state index contributed by atoms with van der Waals surface area (Å²) >= 11 is 1.53. The Kier molecular flexibility index (Phi) is 4.43. The number of thiazole rings is 1. The summed E-state index contributed by atoms with van der Waals surface area (Å²) < 4.78 is 6.89. The molecule has 0 aliphatic carbocycles. The molecule has 0 atom stereocenters. The predicted octanol–water partition coefficient (Wildman–Crippen LogP) is 5.01. The fourth-order valence-electron chi connectivity index (χ4n) is 2.71. The van der Waals surface area contributed by atoms with Gasteiger partial charge in [0.1, 0.15) is 11.5 Å². The van der Waals surface area contributed by atoms with Crippen LogP contribution in [0.1, 0.15) is 21.7 Å². The number of carboxylic acids is 1. The molecule has 0 bridgehead atoms. The highest BCUT2D eigenvalue weighted by Crippen LogP contribution is 2.27. The minimum absolute atomic E-state index is 0.254. The number of hydrogen-bond donors (Lipinski definition) is 2. The molecule has 2 aromatic heterocycles. The van der Waals surface area contributed by atoms with Gasteiger partial charge < -0.3 is 9.52 Å². The molecule has 4 aromatic rings. The number of aromatic carboxylic acids is 1. The lowest BCUT2D eigenvalue weighted by Crippen LogP contribution is -1.96. The maximum Gasteiger partial charge on any atom is 0.335 e. The number of carboxylic acid groups (broad SMARTS) is 1. The first-order chi connectivity index (χ1) is 13.1. The molecular weight excluding hydrogens is 362 g/mol. The Balaban J connectivity index is 1.49. The van der Waals surface area contributed by atoms with Gasteiger partial charge in [0.15, 0.2) is 0 Å². The second-order valence-corrected chi connectivity index (χ2v) is 6.92. The van der Waals surface area contributed by atoms with E-state index in [1.165, 1.54) is 11.3 Å². The minimum Gasteiger partial charge on any atom is -0.478 e. The lowest BCUT2D eigenvalue weighted by molar-refractivity contribution is 0.0697. The Morgan fingerprint density at radius 3 is 2.85 bits per heavy atom. The third kappa shape index (κ3) is 3.58. The van der Waals surface area contributed by atoms with E-state index in [1.807, 2.05) is 43.3 Å². The zero-order valence-corrected chi connectivity index (χ0v) is 15.2. The molecule has 2 aromatic carbocycles. The predicted molar refractivity (Wildman–Crippen MR) is 107 cm³/mol. The highest BCUT2D eigenvalue weighted by molar-refractivity contribution is 7.22. The molecule has 27 heavy (non-hydrogen) atoms. The van der Waals surface area contributed by atoms with Crippen LogP contribution in [-0.4, -0.2) is 22.3 Å². The highest BCUT2D eigenvalue weighted by atomic mass is 32.1. The van der Waals surface area contributed by atoms with Gasteiger partial charge in [-0.2, -0.15) is 5.10 Å². The van der Waals surface area contributed by atoms with Crippen LogP contribution < -0.4 is 5.43 Å². The molecule has 6 nitrogen and oxygen atoms in total. The molecule has 0 aliphatic heterocycles. The van der Waals surface area contributed by atoms with Gasteiger partial charge >= 0.3 is 5.97 Å². The summed E-state index contributed by atoms with van der Waals surface area (Å²) in [7, 11) is 0. The Morgan fingerprint density at radius 1 is 1.22 bits per heavy atom.